The van der Waals surface area contributed by atoms with Crippen LogP contribution in [0.3, 0.4) is 0 Å². The van der Waals surface area contributed by atoms with Gasteiger partial charge in [0.25, 0.3) is 0 Å². The Bertz CT molecular complexity index is 785. The lowest BCUT2D eigenvalue weighted by Crippen LogP contribution is -2.42. The van der Waals surface area contributed by atoms with Gasteiger partial charge in [-0.05, 0) is 47.4 Å². The Morgan fingerprint density at radius 1 is 1.12 bits per heavy atom. The van der Waals surface area contributed by atoms with Crippen LogP contribution >= 0.6 is 11.3 Å². The highest BCUT2D eigenvalue weighted by Crippen LogP contribution is 2.40. The van der Waals surface area contributed by atoms with Crippen LogP contribution in [0, 0.1) is 5.41 Å². The number of fused-ring (bicyclic) bond motifs is 2. The molecule has 1 N–H and O–H groups in total. The first-order valence-electron chi connectivity index (χ1n) is 8.21. The molecule has 4 rings (SSSR count). The summed E-state index contributed by atoms with van der Waals surface area (Å²) in [6, 6.07) is 9.88. The fourth-order valence-corrected chi connectivity index (χ4v) is 4.80. The number of carboxylic acid groups (broad SMARTS) is 1. The minimum absolute atomic E-state index is 0.0398. The minimum atomic E-state index is -0.990. The van der Waals surface area contributed by atoms with Crippen LogP contribution in [0.1, 0.15) is 28.0 Å². The molecule has 0 spiro atoms. The average molecular weight is 341 g/mol. The van der Waals surface area contributed by atoms with Crippen molar-refractivity contribution >= 4 is 23.2 Å². The molecule has 5 heteroatoms. The molecule has 1 aromatic heterocycles. The lowest BCUT2D eigenvalue weighted by molar-refractivity contribution is -0.153. The fourth-order valence-electron chi connectivity index (χ4n) is 3.91. The van der Waals surface area contributed by atoms with Crippen molar-refractivity contribution in [3.63, 3.8) is 0 Å². The third-order valence-electron chi connectivity index (χ3n) is 5.28. The van der Waals surface area contributed by atoms with Crippen LogP contribution in [0.4, 0.5) is 0 Å². The topological polar surface area (TPSA) is 57.6 Å². The molecule has 2 heterocycles. The largest absolute Gasteiger partial charge is 0.481 e. The molecule has 1 aliphatic carbocycles. The Hall–Kier alpha value is -2.14. The van der Waals surface area contributed by atoms with Crippen LogP contribution in [0.25, 0.3) is 0 Å². The molecule has 2 aliphatic rings. The van der Waals surface area contributed by atoms with Crippen molar-refractivity contribution in [2.75, 3.05) is 6.54 Å². The van der Waals surface area contributed by atoms with Crippen LogP contribution in [-0.4, -0.2) is 28.4 Å². The van der Waals surface area contributed by atoms with E-state index in [1.54, 1.807) is 11.3 Å². The molecule has 0 bridgehead atoms. The lowest BCUT2D eigenvalue weighted by Gasteiger charge is -2.31. The van der Waals surface area contributed by atoms with E-state index in [4.69, 9.17) is 0 Å². The zero-order valence-electron chi connectivity index (χ0n) is 13.3. The lowest BCUT2D eigenvalue weighted by atomic mass is 9.80. The van der Waals surface area contributed by atoms with E-state index in [1.807, 2.05) is 29.2 Å². The fraction of sp³-hybridized carbons (Fsp3) is 0.368. The first-order chi connectivity index (χ1) is 11.6. The van der Waals surface area contributed by atoms with Crippen molar-refractivity contribution in [2.24, 2.45) is 5.41 Å². The number of carboxylic acids is 1. The Balaban J connectivity index is 1.53. The summed E-state index contributed by atoms with van der Waals surface area (Å²) < 4.78 is 0. The van der Waals surface area contributed by atoms with E-state index in [-0.39, 0.29) is 12.3 Å². The molecular weight excluding hydrogens is 322 g/mol. The summed E-state index contributed by atoms with van der Waals surface area (Å²) in [5.41, 5.74) is 2.34. The van der Waals surface area contributed by atoms with Gasteiger partial charge in [-0.2, -0.15) is 0 Å². The summed E-state index contributed by atoms with van der Waals surface area (Å²) in [5, 5.41) is 11.9. The van der Waals surface area contributed by atoms with Gasteiger partial charge in [-0.15, -0.1) is 11.3 Å². The average Bonchev–Trinajstić information content (AvgIpc) is 3.18. The molecule has 0 saturated carbocycles. The van der Waals surface area contributed by atoms with Gasteiger partial charge >= 0.3 is 5.97 Å². The van der Waals surface area contributed by atoms with Crippen LogP contribution in [0.5, 0.6) is 0 Å². The molecule has 2 aromatic rings. The number of carbonyl (C=O) groups excluding carboxylic acids is 1. The molecule has 0 fully saturated rings. The molecule has 24 heavy (non-hydrogen) atoms. The van der Waals surface area contributed by atoms with Crippen molar-refractivity contribution in [1.82, 2.24) is 4.90 Å². The normalized spacial score (nSPS) is 18.1. The van der Waals surface area contributed by atoms with Gasteiger partial charge in [0.1, 0.15) is 0 Å². The molecule has 0 atom stereocenters. The molecule has 0 saturated heterocycles. The van der Waals surface area contributed by atoms with Crippen molar-refractivity contribution < 1.29 is 14.7 Å². The summed E-state index contributed by atoms with van der Waals surface area (Å²) in [6.07, 6.45) is 1.85. The van der Waals surface area contributed by atoms with Gasteiger partial charge in [-0.1, -0.05) is 24.3 Å². The van der Waals surface area contributed by atoms with Crippen molar-refractivity contribution in [1.29, 1.82) is 0 Å². The molecule has 0 radical (unpaired) electrons. The maximum atomic E-state index is 12.8. The summed E-state index contributed by atoms with van der Waals surface area (Å²) in [7, 11) is 0. The predicted octanol–water partition coefficient (Wildman–Crippen LogP) is 2.89. The number of amides is 1. The predicted molar refractivity (Wildman–Crippen MR) is 92.0 cm³/mol. The summed E-state index contributed by atoms with van der Waals surface area (Å²) in [5.74, 6) is -0.901. The zero-order chi connectivity index (χ0) is 16.7. The Kier molecular flexibility index (Phi) is 3.68. The molecule has 124 valence electrons. The third kappa shape index (κ3) is 2.53. The third-order valence-corrected chi connectivity index (χ3v) is 6.30. The summed E-state index contributed by atoms with van der Waals surface area (Å²) in [4.78, 5) is 28.0. The van der Waals surface area contributed by atoms with Crippen molar-refractivity contribution in [3.8, 4) is 0 Å². The number of thiophene rings is 1. The van der Waals surface area contributed by atoms with Gasteiger partial charge < -0.3 is 10.0 Å². The number of aliphatic carboxylic acids is 1. The van der Waals surface area contributed by atoms with E-state index in [0.717, 1.165) is 17.5 Å². The second kappa shape index (κ2) is 5.74. The maximum absolute atomic E-state index is 12.8. The van der Waals surface area contributed by atoms with Crippen LogP contribution in [0.2, 0.25) is 0 Å². The van der Waals surface area contributed by atoms with Crippen LogP contribution in [-0.2, 0) is 35.4 Å². The molecule has 1 aliphatic heterocycles. The number of carbonyl (C=O) groups is 2. The van der Waals surface area contributed by atoms with Crippen molar-refractivity contribution in [3.05, 3.63) is 57.3 Å². The Labute approximate surface area is 144 Å². The van der Waals surface area contributed by atoms with E-state index in [1.165, 1.54) is 10.4 Å². The van der Waals surface area contributed by atoms with Crippen LogP contribution in [0.15, 0.2) is 35.7 Å². The number of benzene rings is 1. The molecular formula is C19H19NO3S. The van der Waals surface area contributed by atoms with Gasteiger partial charge in [-0.3, -0.25) is 9.59 Å². The Morgan fingerprint density at radius 2 is 1.83 bits per heavy atom. The highest BCUT2D eigenvalue weighted by Gasteiger charge is 2.46. The van der Waals surface area contributed by atoms with E-state index in [0.29, 0.717) is 25.9 Å². The Morgan fingerprint density at radius 3 is 2.50 bits per heavy atom. The molecule has 1 amide bonds. The van der Waals surface area contributed by atoms with E-state index >= 15 is 0 Å². The van der Waals surface area contributed by atoms with Gasteiger partial charge in [-0.25, -0.2) is 0 Å². The zero-order valence-corrected chi connectivity index (χ0v) is 14.1. The number of hydrogen-bond acceptors (Lipinski definition) is 3. The van der Waals surface area contributed by atoms with E-state index in [2.05, 4.69) is 11.4 Å². The van der Waals surface area contributed by atoms with E-state index in [9.17, 15) is 14.7 Å². The molecule has 4 nitrogen and oxygen atoms in total. The number of nitrogens with zero attached hydrogens (tertiary/aromatic N) is 1. The number of hydrogen-bond donors (Lipinski definition) is 1. The summed E-state index contributed by atoms with van der Waals surface area (Å²) in [6.45, 7) is 1.30. The second-order valence-corrected chi connectivity index (χ2v) is 7.82. The van der Waals surface area contributed by atoms with Gasteiger partial charge in [0.05, 0.1) is 5.41 Å². The van der Waals surface area contributed by atoms with E-state index < -0.39 is 11.4 Å². The maximum Gasteiger partial charge on any atom is 0.310 e. The SMILES string of the molecule is O=C(CC1(C(=O)O)Cc2ccccc2C1)N1CCc2sccc2C1. The highest BCUT2D eigenvalue weighted by molar-refractivity contribution is 7.10. The van der Waals surface area contributed by atoms with Crippen molar-refractivity contribution in [2.45, 2.75) is 32.2 Å². The van der Waals surface area contributed by atoms with Crippen LogP contribution < -0.4 is 0 Å². The van der Waals surface area contributed by atoms with Gasteiger partial charge in [0, 0.05) is 24.4 Å². The summed E-state index contributed by atoms with van der Waals surface area (Å²) >= 11 is 1.74. The monoisotopic (exact) mass is 341 g/mol. The van der Waals surface area contributed by atoms with Gasteiger partial charge in [0.15, 0.2) is 0 Å². The molecule has 1 aromatic carbocycles. The highest BCUT2D eigenvalue weighted by atomic mass is 32.1. The first-order valence-corrected chi connectivity index (χ1v) is 9.09. The first kappa shape index (κ1) is 15.4. The second-order valence-electron chi connectivity index (χ2n) is 6.82. The number of rotatable bonds is 3. The smallest absolute Gasteiger partial charge is 0.310 e. The quantitative estimate of drug-likeness (QED) is 0.934. The molecule has 0 unspecified atom stereocenters. The standard InChI is InChI=1S/C19H19NO3S/c21-17(20-7-5-16-15(12-20)6-8-24-16)11-19(18(22)23)9-13-3-1-2-4-14(13)10-19/h1-4,6,8H,5,7,9-12H2,(H,22,23). The van der Waals surface area contributed by atoms with Gasteiger partial charge in [0.2, 0.25) is 5.91 Å². The minimum Gasteiger partial charge on any atom is -0.481 e.